The van der Waals surface area contributed by atoms with Crippen LogP contribution in [0, 0.1) is 6.92 Å². The Morgan fingerprint density at radius 1 is 1.17 bits per heavy atom. The van der Waals surface area contributed by atoms with Crippen LogP contribution in [-0.2, 0) is 16.4 Å². The molecule has 9 nitrogen and oxygen atoms in total. The van der Waals surface area contributed by atoms with Crippen molar-refractivity contribution in [2.45, 2.75) is 62.2 Å². The maximum Gasteiger partial charge on any atom is 0.396 e. The van der Waals surface area contributed by atoms with Crippen LogP contribution >= 0.6 is 0 Å². The number of nitrogens with one attached hydrogen (secondary N) is 1. The maximum atomic E-state index is 13.3. The molecule has 0 aliphatic heterocycles. The van der Waals surface area contributed by atoms with Gasteiger partial charge in [-0.3, -0.25) is 0 Å². The van der Waals surface area contributed by atoms with Gasteiger partial charge in [-0.1, -0.05) is 22.9 Å². The Balaban J connectivity index is 1.70. The molecule has 13 heteroatoms. The number of nitrogens with two attached hydrogens (primary N) is 1. The average molecular weight is 512 g/mol. The van der Waals surface area contributed by atoms with Gasteiger partial charge in [0, 0.05) is 23.4 Å². The summed E-state index contributed by atoms with van der Waals surface area (Å²) in [6.45, 7) is 1.79. The minimum absolute atomic E-state index is 0.00929. The van der Waals surface area contributed by atoms with Crippen molar-refractivity contribution in [3.63, 3.8) is 0 Å². The Hall–Kier alpha value is -3.03. The smallest absolute Gasteiger partial charge is 0.393 e. The predicted molar refractivity (Wildman–Crippen MR) is 120 cm³/mol. The minimum Gasteiger partial charge on any atom is -0.393 e. The summed E-state index contributed by atoms with van der Waals surface area (Å²) >= 11 is 0. The molecule has 1 aliphatic carbocycles. The number of pyridine rings is 1. The highest BCUT2D eigenvalue weighted by atomic mass is 32.2. The second-order valence-electron chi connectivity index (χ2n) is 8.59. The number of aliphatic hydroxyl groups is 1. The van der Waals surface area contributed by atoms with Gasteiger partial charge in [0.15, 0.2) is 5.82 Å². The standard InChI is InChI=1S/C22H24F3N5O4S/c1-12-2-7-18(35(32,33)30-14-3-5-15(31)6-4-14)16(8-12)13-9-17(20(26)27-11-13)21-28-19(29-34-21)10-22(23,24)25/h2,7-9,11,14-15,30-31H,3-6,10H2,1H3,(H2,26,27). The van der Waals surface area contributed by atoms with Crippen LogP contribution in [0.15, 0.2) is 39.9 Å². The molecule has 4 N–H and O–H groups in total. The van der Waals surface area contributed by atoms with Crippen molar-refractivity contribution in [1.82, 2.24) is 19.8 Å². The van der Waals surface area contributed by atoms with E-state index in [1.807, 2.05) is 0 Å². The summed E-state index contributed by atoms with van der Waals surface area (Å²) in [7, 11) is -3.94. The quantitative estimate of drug-likeness (QED) is 0.457. The fourth-order valence-corrected chi connectivity index (χ4v) is 5.50. The summed E-state index contributed by atoms with van der Waals surface area (Å²) in [6.07, 6.45) is -2.87. The Bertz CT molecular complexity index is 1320. The lowest BCUT2D eigenvalue weighted by Gasteiger charge is -2.26. The minimum atomic E-state index is -4.51. The number of halogens is 3. The van der Waals surface area contributed by atoms with E-state index < -0.39 is 34.5 Å². The number of rotatable bonds is 6. The number of nitrogen functional groups attached to an aromatic ring is 1. The van der Waals surface area contributed by atoms with Crippen LogP contribution in [0.2, 0.25) is 0 Å². The first-order chi connectivity index (χ1) is 16.4. The fraction of sp³-hybridized carbons (Fsp3) is 0.409. The Morgan fingerprint density at radius 3 is 2.57 bits per heavy atom. The zero-order chi connectivity index (χ0) is 25.4. The summed E-state index contributed by atoms with van der Waals surface area (Å²) in [5.74, 6) is -0.878. The molecule has 1 saturated carbocycles. The molecule has 0 radical (unpaired) electrons. The molecule has 35 heavy (non-hydrogen) atoms. The van der Waals surface area contributed by atoms with E-state index in [0.717, 1.165) is 5.56 Å². The van der Waals surface area contributed by atoms with Crippen molar-refractivity contribution in [2.24, 2.45) is 0 Å². The van der Waals surface area contributed by atoms with Crippen LogP contribution in [0.4, 0.5) is 19.0 Å². The molecule has 2 heterocycles. The first-order valence-corrected chi connectivity index (χ1v) is 12.4. The van der Waals surface area contributed by atoms with Gasteiger partial charge in [-0.2, -0.15) is 18.2 Å². The van der Waals surface area contributed by atoms with Gasteiger partial charge in [0.2, 0.25) is 10.0 Å². The molecule has 1 aliphatic rings. The third-order valence-corrected chi connectivity index (χ3v) is 7.31. The van der Waals surface area contributed by atoms with Crippen LogP contribution < -0.4 is 10.5 Å². The highest BCUT2D eigenvalue weighted by Crippen LogP contribution is 2.34. The normalized spacial score (nSPS) is 19.1. The number of hydrogen-bond acceptors (Lipinski definition) is 8. The zero-order valence-corrected chi connectivity index (χ0v) is 19.5. The van der Waals surface area contributed by atoms with Crippen LogP contribution in [0.1, 0.15) is 37.1 Å². The van der Waals surface area contributed by atoms with Crippen molar-refractivity contribution >= 4 is 15.8 Å². The van der Waals surface area contributed by atoms with E-state index in [1.54, 1.807) is 19.1 Å². The van der Waals surface area contributed by atoms with Crippen molar-refractivity contribution in [1.29, 1.82) is 0 Å². The average Bonchev–Trinajstić information content (AvgIpc) is 3.21. The van der Waals surface area contributed by atoms with Gasteiger partial charge in [0.05, 0.1) is 16.6 Å². The first kappa shape index (κ1) is 25.1. The number of alkyl halides is 3. The van der Waals surface area contributed by atoms with Crippen molar-refractivity contribution in [2.75, 3.05) is 5.73 Å². The number of nitrogens with zero attached hydrogens (tertiary/aromatic N) is 3. The second kappa shape index (κ2) is 9.55. The first-order valence-electron chi connectivity index (χ1n) is 10.9. The molecular weight excluding hydrogens is 487 g/mol. The van der Waals surface area contributed by atoms with Crippen molar-refractivity contribution in [3.8, 4) is 22.6 Å². The molecular formula is C22H24F3N5O4S. The van der Waals surface area contributed by atoms with Crippen LogP contribution in [0.25, 0.3) is 22.6 Å². The van der Waals surface area contributed by atoms with Crippen LogP contribution in [0.5, 0.6) is 0 Å². The van der Waals surface area contributed by atoms with Crippen molar-refractivity contribution in [3.05, 3.63) is 41.9 Å². The summed E-state index contributed by atoms with van der Waals surface area (Å²) in [4.78, 5) is 7.85. The zero-order valence-electron chi connectivity index (χ0n) is 18.7. The molecule has 4 rings (SSSR count). The number of hydrogen-bond donors (Lipinski definition) is 3. The van der Waals surface area contributed by atoms with Gasteiger partial charge in [-0.05, 0) is 44.7 Å². The van der Waals surface area contributed by atoms with Gasteiger partial charge in [-0.15, -0.1) is 0 Å². The lowest BCUT2D eigenvalue weighted by Crippen LogP contribution is -2.38. The van der Waals surface area contributed by atoms with Crippen LogP contribution in [0.3, 0.4) is 0 Å². The predicted octanol–water partition coefficient (Wildman–Crippen LogP) is 3.38. The summed E-state index contributed by atoms with van der Waals surface area (Å²) in [5, 5.41) is 13.0. The lowest BCUT2D eigenvalue weighted by molar-refractivity contribution is -0.128. The molecule has 188 valence electrons. The summed E-state index contributed by atoms with van der Waals surface area (Å²) in [6, 6.07) is 5.96. The van der Waals surface area contributed by atoms with E-state index in [2.05, 4.69) is 19.8 Å². The molecule has 1 fully saturated rings. The summed E-state index contributed by atoms with van der Waals surface area (Å²) < 4.78 is 72.2. The van der Waals surface area contributed by atoms with E-state index in [1.165, 1.54) is 18.3 Å². The van der Waals surface area contributed by atoms with Gasteiger partial charge in [0.1, 0.15) is 12.2 Å². The van der Waals surface area contributed by atoms with E-state index in [4.69, 9.17) is 10.3 Å². The van der Waals surface area contributed by atoms with E-state index in [0.29, 0.717) is 36.8 Å². The molecule has 3 aromatic rings. The molecule has 0 amide bonds. The van der Waals surface area contributed by atoms with Crippen molar-refractivity contribution < 1.29 is 31.2 Å². The number of anilines is 1. The van der Waals surface area contributed by atoms with Gasteiger partial charge in [-0.25, -0.2) is 18.1 Å². The number of sulfonamides is 1. The second-order valence-corrected chi connectivity index (χ2v) is 10.3. The van der Waals surface area contributed by atoms with Gasteiger partial charge < -0.3 is 15.4 Å². The SMILES string of the molecule is Cc1ccc(S(=O)(=O)NC2CCC(O)CC2)c(-c2cnc(N)c(-c3nc(CC(F)(F)F)no3)c2)c1. The number of benzene rings is 1. The number of aliphatic hydroxyl groups excluding tert-OH is 1. The topological polar surface area (TPSA) is 144 Å². The Morgan fingerprint density at radius 2 is 1.89 bits per heavy atom. The van der Waals surface area contributed by atoms with E-state index in [9.17, 15) is 26.7 Å². The van der Waals surface area contributed by atoms with E-state index in [-0.39, 0.29) is 28.2 Å². The van der Waals surface area contributed by atoms with E-state index >= 15 is 0 Å². The third-order valence-electron chi connectivity index (χ3n) is 5.73. The summed E-state index contributed by atoms with van der Waals surface area (Å²) in [5.41, 5.74) is 7.46. The van der Waals surface area contributed by atoms with Crippen LogP contribution in [-0.4, -0.2) is 47.0 Å². The molecule has 2 aromatic heterocycles. The number of aromatic nitrogens is 3. The van der Waals surface area contributed by atoms with Gasteiger partial charge >= 0.3 is 6.18 Å². The third kappa shape index (κ3) is 5.97. The molecule has 0 spiro atoms. The molecule has 0 bridgehead atoms. The van der Waals surface area contributed by atoms with Gasteiger partial charge in [0.25, 0.3) is 5.89 Å². The monoisotopic (exact) mass is 511 g/mol. The molecule has 0 unspecified atom stereocenters. The Labute approximate surface area is 199 Å². The highest BCUT2D eigenvalue weighted by molar-refractivity contribution is 7.89. The molecule has 0 saturated heterocycles. The lowest BCUT2D eigenvalue weighted by atomic mass is 9.94. The molecule has 1 aromatic carbocycles. The maximum absolute atomic E-state index is 13.3. The largest absolute Gasteiger partial charge is 0.396 e. The number of aryl methyl sites for hydroxylation is 1. The highest BCUT2D eigenvalue weighted by Gasteiger charge is 2.31. The fourth-order valence-electron chi connectivity index (χ4n) is 3.99. The Kier molecular flexibility index (Phi) is 6.84. The molecule has 0 atom stereocenters.